The van der Waals surface area contributed by atoms with E-state index in [1.54, 1.807) is 6.07 Å². The van der Waals surface area contributed by atoms with Gasteiger partial charge in [0.25, 0.3) is 0 Å². The molecule has 0 unspecified atom stereocenters. The maximum atomic E-state index is 12.7. The van der Waals surface area contributed by atoms with Crippen LogP contribution in [-0.4, -0.2) is 36.3 Å². The lowest BCUT2D eigenvalue weighted by Crippen LogP contribution is -2.44. The van der Waals surface area contributed by atoms with Crippen molar-refractivity contribution in [2.45, 2.75) is 39.0 Å². The SMILES string of the molecule is CCCNc1ccc(Cl)cc1NC(=O)[C@@H]1CCCN(C(=O)C2CC2)C1. The molecule has 2 N–H and O–H groups in total. The average molecular weight is 364 g/mol. The molecule has 2 fully saturated rings. The van der Waals surface area contributed by atoms with Crippen molar-refractivity contribution in [3.05, 3.63) is 23.2 Å². The van der Waals surface area contributed by atoms with Crippen LogP contribution in [0.1, 0.15) is 39.0 Å². The molecule has 1 heterocycles. The van der Waals surface area contributed by atoms with Crippen LogP contribution in [0.25, 0.3) is 0 Å². The predicted octanol–water partition coefficient (Wildman–Crippen LogP) is 3.75. The summed E-state index contributed by atoms with van der Waals surface area (Å²) in [6, 6.07) is 5.47. The van der Waals surface area contributed by atoms with Crippen molar-refractivity contribution in [2.75, 3.05) is 30.3 Å². The van der Waals surface area contributed by atoms with E-state index in [2.05, 4.69) is 17.6 Å². The van der Waals surface area contributed by atoms with Gasteiger partial charge in [0.1, 0.15) is 0 Å². The second-order valence-electron chi connectivity index (χ2n) is 7.00. The maximum absolute atomic E-state index is 12.7. The summed E-state index contributed by atoms with van der Waals surface area (Å²) >= 11 is 6.09. The smallest absolute Gasteiger partial charge is 0.229 e. The molecule has 5 nitrogen and oxygen atoms in total. The maximum Gasteiger partial charge on any atom is 0.229 e. The van der Waals surface area contributed by atoms with E-state index in [0.29, 0.717) is 17.3 Å². The van der Waals surface area contributed by atoms with Crippen molar-refractivity contribution in [3.8, 4) is 0 Å². The first-order chi connectivity index (χ1) is 12.1. The Balaban J connectivity index is 1.65. The van der Waals surface area contributed by atoms with Gasteiger partial charge in [-0.05, 0) is 50.3 Å². The lowest BCUT2D eigenvalue weighted by Gasteiger charge is -2.32. The molecule has 3 rings (SSSR count). The third-order valence-corrected chi connectivity index (χ3v) is 5.07. The summed E-state index contributed by atoms with van der Waals surface area (Å²) in [7, 11) is 0. The summed E-state index contributed by atoms with van der Waals surface area (Å²) in [6.45, 7) is 4.23. The Kier molecular flexibility index (Phi) is 5.84. The number of likely N-dealkylation sites (tertiary alicyclic amines) is 1. The van der Waals surface area contributed by atoms with E-state index in [1.165, 1.54) is 0 Å². The highest BCUT2D eigenvalue weighted by molar-refractivity contribution is 6.31. The summed E-state index contributed by atoms with van der Waals surface area (Å²) in [4.78, 5) is 26.9. The number of benzene rings is 1. The first kappa shape index (κ1) is 18.1. The molecule has 2 amide bonds. The zero-order valence-electron chi connectivity index (χ0n) is 14.7. The fourth-order valence-corrected chi connectivity index (χ4v) is 3.42. The molecule has 25 heavy (non-hydrogen) atoms. The van der Waals surface area contributed by atoms with Crippen LogP contribution in [0.15, 0.2) is 18.2 Å². The van der Waals surface area contributed by atoms with Gasteiger partial charge in [-0.15, -0.1) is 0 Å². The van der Waals surface area contributed by atoms with Gasteiger partial charge in [0.05, 0.1) is 17.3 Å². The molecule has 1 aromatic carbocycles. The Bertz CT molecular complexity index is 646. The minimum Gasteiger partial charge on any atom is -0.383 e. The van der Waals surface area contributed by atoms with E-state index >= 15 is 0 Å². The van der Waals surface area contributed by atoms with Crippen molar-refractivity contribution in [1.82, 2.24) is 4.90 Å². The zero-order valence-corrected chi connectivity index (χ0v) is 15.4. The summed E-state index contributed by atoms with van der Waals surface area (Å²) in [5, 5.41) is 6.91. The Morgan fingerprint density at radius 2 is 2.00 bits per heavy atom. The quantitative estimate of drug-likeness (QED) is 0.809. The Morgan fingerprint density at radius 3 is 2.72 bits per heavy atom. The van der Waals surface area contributed by atoms with Crippen LogP contribution in [0, 0.1) is 11.8 Å². The highest BCUT2D eigenvalue weighted by Crippen LogP contribution is 2.33. The topological polar surface area (TPSA) is 61.4 Å². The molecule has 136 valence electrons. The number of hydrogen-bond acceptors (Lipinski definition) is 3. The highest BCUT2D eigenvalue weighted by Gasteiger charge is 2.36. The molecule has 1 saturated heterocycles. The predicted molar refractivity (Wildman–Crippen MR) is 101 cm³/mol. The van der Waals surface area contributed by atoms with Gasteiger partial charge in [0, 0.05) is 30.6 Å². The van der Waals surface area contributed by atoms with Gasteiger partial charge in [0.15, 0.2) is 0 Å². The molecule has 1 saturated carbocycles. The number of nitrogens with zero attached hydrogens (tertiary/aromatic N) is 1. The number of rotatable bonds is 6. The molecule has 0 aromatic heterocycles. The van der Waals surface area contributed by atoms with Gasteiger partial charge in [-0.3, -0.25) is 9.59 Å². The van der Waals surface area contributed by atoms with Crippen LogP contribution in [0.3, 0.4) is 0 Å². The van der Waals surface area contributed by atoms with Crippen LogP contribution < -0.4 is 10.6 Å². The molecule has 1 aliphatic heterocycles. The monoisotopic (exact) mass is 363 g/mol. The van der Waals surface area contributed by atoms with E-state index < -0.39 is 0 Å². The molecule has 0 spiro atoms. The number of anilines is 2. The van der Waals surface area contributed by atoms with E-state index in [-0.39, 0.29) is 23.7 Å². The van der Waals surface area contributed by atoms with Crippen molar-refractivity contribution in [2.24, 2.45) is 11.8 Å². The van der Waals surface area contributed by atoms with Crippen LogP contribution in [0.4, 0.5) is 11.4 Å². The van der Waals surface area contributed by atoms with Gasteiger partial charge in [0.2, 0.25) is 11.8 Å². The largest absolute Gasteiger partial charge is 0.383 e. The average Bonchev–Trinajstić information content (AvgIpc) is 3.45. The van der Waals surface area contributed by atoms with E-state index in [0.717, 1.165) is 50.9 Å². The van der Waals surface area contributed by atoms with Gasteiger partial charge >= 0.3 is 0 Å². The van der Waals surface area contributed by atoms with Gasteiger partial charge < -0.3 is 15.5 Å². The van der Waals surface area contributed by atoms with Crippen molar-refractivity contribution < 1.29 is 9.59 Å². The molecular weight excluding hydrogens is 338 g/mol. The highest BCUT2D eigenvalue weighted by atomic mass is 35.5. The zero-order chi connectivity index (χ0) is 17.8. The molecule has 2 aliphatic rings. The Hall–Kier alpha value is -1.75. The van der Waals surface area contributed by atoms with Crippen molar-refractivity contribution in [3.63, 3.8) is 0 Å². The van der Waals surface area contributed by atoms with E-state index in [4.69, 9.17) is 11.6 Å². The van der Waals surface area contributed by atoms with E-state index in [1.807, 2.05) is 17.0 Å². The van der Waals surface area contributed by atoms with Gasteiger partial charge in [-0.1, -0.05) is 18.5 Å². The summed E-state index contributed by atoms with van der Waals surface area (Å²) in [5.41, 5.74) is 1.58. The minimum atomic E-state index is -0.158. The number of nitrogens with one attached hydrogen (secondary N) is 2. The lowest BCUT2D eigenvalue weighted by molar-refractivity contribution is -0.135. The second kappa shape index (κ2) is 8.09. The van der Waals surface area contributed by atoms with Crippen LogP contribution in [-0.2, 0) is 9.59 Å². The Morgan fingerprint density at radius 1 is 1.20 bits per heavy atom. The van der Waals surface area contributed by atoms with Gasteiger partial charge in [-0.25, -0.2) is 0 Å². The summed E-state index contributed by atoms with van der Waals surface area (Å²) in [5.74, 6) is 0.245. The number of carbonyl (C=O) groups excluding carboxylic acids is 2. The number of hydrogen-bond donors (Lipinski definition) is 2. The van der Waals surface area contributed by atoms with Crippen molar-refractivity contribution >= 4 is 34.8 Å². The first-order valence-electron chi connectivity index (χ1n) is 9.21. The molecule has 0 radical (unpaired) electrons. The minimum absolute atomic E-state index is 0.0323. The molecule has 1 aliphatic carbocycles. The van der Waals surface area contributed by atoms with Crippen LogP contribution in [0.2, 0.25) is 5.02 Å². The normalized spacial score (nSPS) is 20.2. The molecule has 6 heteroatoms. The second-order valence-corrected chi connectivity index (χ2v) is 7.44. The van der Waals surface area contributed by atoms with Crippen LogP contribution >= 0.6 is 11.6 Å². The Labute approximate surface area is 154 Å². The van der Waals surface area contributed by atoms with E-state index in [9.17, 15) is 9.59 Å². The number of amides is 2. The third kappa shape index (κ3) is 4.66. The van der Waals surface area contributed by atoms with Crippen LogP contribution in [0.5, 0.6) is 0 Å². The molecule has 1 aromatic rings. The number of carbonyl (C=O) groups is 2. The van der Waals surface area contributed by atoms with Crippen molar-refractivity contribution in [1.29, 1.82) is 0 Å². The fraction of sp³-hybridized carbons (Fsp3) is 0.579. The van der Waals surface area contributed by atoms with Gasteiger partial charge in [-0.2, -0.15) is 0 Å². The number of piperidine rings is 1. The summed E-state index contributed by atoms with van der Waals surface area (Å²) in [6.07, 6.45) is 4.70. The molecule has 0 bridgehead atoms. The first-order valence-corrected chi connectivity index (χ1v) is 9.59. The summed E-state index contributed by atoms with van der Waals surface area (Å²) < 4.78 is 0. The standard InChI is InChI=1S/C19H26ClN3O2/c1-2-9-21-16-8-7-15(20)11-17(16)22-18(24)14-4-3-10-23(12-14)19(25)13-5-6-13/h7-8,11,13-14,21H,2-6,9-10,12H2,1H3,(H,22,24)/t14-/m1/s1. The number of halogens is 1. The fourth-order valence-electron chi connectivity index (χ4n) is 3.25. The molecular formula is C19H26ClN3O2. The lowest BCUT2D eigenvalue weighted by atomic mass is 9.96. The third-order valence-electron chi connectivity index (χ3n) is 4.84. The molecule has 1 atom stereocenters.